The number of pyridine rings is 1. The number of likely N-dealkylation sites (tertiary alicyclic amines) is 1. The van der Waals surface area contributed by atoms with Gasteiger partial charge < -0.3 is 10.2 Å². The van der Waals surface area contributed by atoms with Crippen LogP contribution in [0.15, 0.2) is 24.4 Å². The lowest BCUT2D eigenvalue weighted by Gasteiger charge is -2.21. The molecule has 0 radical (unpaired) electrons. The number of carbonyl (C=O) groups excluding carboxylic acids is 1. The summed E-state index contributed by atoms with van der Waals surface area (Å²) in [6, 6.07) is 5.76. The first-order chi connectivity index (χ1) is 11.1. The van der Waals surface area contributed by atoms with E-state index >= 15 is 0 Å². The molecule has 3 heterocycles. The number of fused-ring (bicyclic) bond motifs is 1. The monoisotopic (exact) mass is 315 g/mol. The Labute approximate surface area is 136 Å². The number of hydrogen-bond donors (Lipinski definition) is 1. The molecule has 1 N–H and O–H groups in total. The number of hydrogen-bond acceptors (Lipinski definition) is 3. The highest BCUT2D eigenvalue weighted by molar-refractivity contribution is 5.74. The van der Waals surface area contributed by atoms with E-state index in [9.17, 15) is 4.79 Å². The minimum atomic E-state index is 0.00193. The van der Waals surface area contributed by atoms with Crippen molar-refractivity contribution in [1.29, 1.82) is 0 Å². The van der Waals surface area contributed by atoms with Crippen LogP contribution in [0.25, 0.3) is 5.65 Å². The molecule has 0 spiro atoms. The summed E-state index contributed by atoms with van der Waals surface area (Å²) >= 11 is 0. The van der Waals surface area contributed by atoms with Gasteiger partial charge in [0.2, 0.25) is 0 Å². The fraction of sp³-hybridized carbons (Fsp3) is 0.588. The van der Waals surface area contributed by atoms with Gasteiger partial charge in [-0.1, -0.05) is 19.9 Å². The van der Waals surface area contributed by atoms with Crippen LogP contribution in [0.3, 0.4) is 0 Å². The number of nitrogens with one attached hydrogen (secondary N) is 1. The van der Waals surface area contributed by atoms with E-state index in [1.807, 2.05) is 33.7 Å². The summed E-state index contributed by atoms with van der Waals surface area (Å²) < 4.78 is 1.90. The van der Waals surface area contributed by atoms with Crippen molar-refractivity contribution in [2.75, 3.05) is 13.1 Å². The Morgan fingerprint density at radius 1 is 1.30 bits per heavy atom. The lowest BCUT2D eigenvalue weighted by Crippen LogP contribution is -2.40. The first-order valence-electron chi connectivity index (χ1n) is 8.46. The van der Waals surface area contributed by atoms with Crippen molar-refractivity contribution in [3.63, 3.8) is 0 Å². The second-order valence-corrected chi connectivity index (χ2v) is 6.63. The van der Waals surface area contributed by atoms with Crippen molar-refractivity contribution in [2.24, 2.45) is 11.8 Å². The number of carbonyl (C=O) groups is 1. The zero-order valence-corrected chi connectivity index (χ0v) is 13.9. The van der Waals surface area contributed by atoms with E-state index in [0.29, 0.717) is 12.5 Å². The molecule has 23 heavy (non-hydrogen) atoms. The predicted octanol–water partition coefficient (Wildman–Crippen LogP) is 2.70. The maximum absolute atomic E-state index is 12.4. The zero-order valence-electron chi connectivity index (χ0n) is 13.9. The fourth-order valence-electron chi connectivity index (χ4n) is 3.27. The summed E-state index contributed by atoms with van der Waals surface area (Å²) in [5, 5.41) is 11.2. The van der Waals surface area contributed by atoms with Gasteiger partial charge in [0, 0.05) is 19.3 Å². The molecule has 6 heteroatoms. The molecule has 124 valence electrons. The highest BCUT2D eigenvalue weighted by Crippen LogP contribution is 2.24. The molecule has 0 aromatic carbocycles. The van der Waals surface area contributed by atoms with Crippen molar-refractivity contribution in [3.8, 4) is 0 Å². The Kier molecular flexibility index (Phi) is 4.79. The fourth-order valence-corrected chi connectivity index (χ4v) is 3.27. The van der Waals surface area contributed by atoms with Gasteiger partial charge in [-0.2, -0.15) is 0 Å². The first kappa shape index (κ1) is 15.8. The number of nitrogens with zero attached hydrogens (tertiary/aromatic N) is 4. The van der Waals surface area contributed by atoms with Gasteiger partial charge in [0.15, 0.2) is 11.5 Å². The quantitative estimate of drug-likeness (QED) is 0.947. The van der Waals surface area contributed by atoms with Crippen molar-refractivity contribution in [3.05, 3.63) is 30.2 Å². The van der Waals surface area contributed by atoms with Gasteiger partial charge in [-0.3, -0.25) is 4.40 Å². The molecular formula is C17H25N5O. The smallest absolute Gasteiger partial charge is 0.317 e. The third-order valence-corrected chi connectivity index (χ3v) is 4.78. The summed E-state index contributed by atoms with van der Waals surface area (Å²) in [5.74, 6) is 2.18. The van der Waals surface area contributed by atoms with Crippen LogP contribution in [0.4, 0.5) is 4.79 Å². The van der Waals surface area contributed by atoms with Crippen LogP contribution in [-0.4, -0.2) is 38.6 Å². The number of amides is 2. The van der Waals surface area contributed by atoms with Gasteiger partial charge in [0.05, 0.1) is 6.54 Å². The molecule has 3 rings (SSSR count). The van der Waals surface area contributed by atoms with Crippen LogP contribution in [0.2, 0.25) is 0 Å². The Balaban J connectivity index is 1.57. The zero-order chi connectivity index (χ0) is 16.2. The number of aromatic nitrogens is 3. The largest absolute Gasteiger partial charge is 0.331 e. The van der Waals surface area contributed by atoms with Crippen LogP contribution in [0.5, 0.6) is 0 Å². The second kappa shape index (κ2) is 6.98. The molecule has 1 atom stereocenters. The van der Waals surface area contributed by atoms with E-state index in [4.69, 9.17) is 0 Å². The second-order valence-electron chi connectivity index (χ2n) is 6.63. The van der Waals surface area contributed by atoms with E-state index in [-0.39, 0.29) is 6.03 Å². The SMILES string of the molecule is CC(C)C1CCCN(C(=O)NCc2nnc3ccccn23)CC1. The Morgan fingerprint density at radius 2 is 2.17 bits per heavy atom. The Morgan fingerprint density at radius 3 is 3.00 bits per heavy atom. The molecule has 0 saturated carbocycles. The number of urea groups is 1. The summed E-state index contributed by atoms with van der Waals surface area (Å²) in [6.07, 6.45) is 5.31. The Hall–Kier alpha value is -2.11. The maximum atomic E-state index is 12.4. The van der Waals surface area contributed by atoms with Crippen LogP contribution >= 0.6 is 0 Å². The normalized spacial score (nSPS) is 19.1. The minimum absolute atomic E-state index is 0.00193. The van der Waals surface area contributed by atoms with E-state index in [2.05, 4.69) is 29.4 Å². The van der Waals surface area contributed by atoms with E-state index in [0.717, 1.165) is 43.3 Å². The van der Waals surface area contributed by atoms with Crippen LogP contribution in [0.1, 0.15) is 38.9 Å². The lowest BCUT2D eigenvalue weighted by atomic mass is 9.89. The van der Waals surface area contributed by atoms with Gasteiger partial charge in [-0.25, -0.2) is 4.79 Å². The molecule has 0 aliphatic carbocycles. The van der Waals surface area contributed by atoms with Crippen LogP contribution < -0.4 is 5.32 Å². The van der Waals surface area contributed by atoms with Gasteiger partial charge in [0.1, 0.15) is 0 Å². The molecule has 6 nitrogen and oxygen atoms in total. The molecule has 1 aliphatic rings. The summed E-state index contributed by atoms with van der Waals surface area (Å²) in [7, 11) is 0. The van der Waals surface area contributed by atoms with Crippen LogP contribution in [0, 0.1) is 11.8 Å². The third kappa shape index (κ3) is 3.63. The van der Waals surface area contributed by atoms with E-state index in [1.54, 1.807) is 0 Å². The van der Waals surface area contributed by atoms with Crippen molar-refractivity contribution < 1.29 is 4.79 Å². The molecule has 2 aromatic heterocycles. The van der Waals surface area contributed by atoms with Gasteiger partial charge in [-0.05, 0) is 43.2 Å². The molecule has 2 amide bonds. The number of rotatable bonds is 3. The molecule has 1 aliphatic heterocycles. The van der Waals surface area contributed by atoms with Crippen molar-refractivity contribution in [1.82, 2.24) is 24.8 Å². The van der Waals surface area contributed by atoms with Crippen molar-refractivity contribution in [2.45, 2.75) is 39.7 Å². The topological polar surface area (TPSA) is 62.5 Å². The molecule has 1 fully saturated rings. The Bertz CT molecular complexity index is 666. The van der Waals surface area contributed by atoms with E-state index in [1.165, 1.54) is 6.42 Å². The van der Waals surface area contributed by atoms with Gasteiger partial charge in [0.25, 0.3) is 0 Å². The molecule has 1 unspecified atom stereocenters. The summed E-state index contributed by atoms with van der Waals surface area (Å²) in [6.45, 7) is 6.63. The average Bonchev–Trinajstić information content (AvgIpc) is 2.79. The van der Waals surface area contributed by atoms with Crippen LogP contribution in [-0.2, 0) is 6.54 Å². The predicted molar refractivity (Wildman–Crippen MR) is 89.0 cm³/mol. The van der Waals surface area contributed by atoms with Gasteiger partial charge >= 0.3 is 6.03 Å². The summed E-state index contributed by atoms with van der Waals surface area (Å²) in [4.78, 5) is 14.4. The van der Waals surface area contributed by atoms with E-state index < -0.39 is 0 Å². The molecule has 1 saturated heterocycles. The maximum Gasteiger partial charge on any atom is 0.317 e. The third-order valence-electron chi connectivity index (χ3n) is 4.78. The average molecular weight is 315 g/mol. The van der Waals surface area contributed by atoms with Gasteiger partial charge in [-0.15, -0.1) is 10.2 Å². The molecular weight excluding hydrogens is 290 g/mol. The molecule has 0 bridgehead atoms. The highest BCUT2D eigenvalue weighted by Gasteiger charge is 2.22. The van der Waals surface area contributed by atoms with Crippen molar-refractivity contribution >= 4 is 11.7 Å². The summed E-state index contributed by atoms with van der Waals surface area (Å²) in [5.41, 5.74) is 0.797. The first-order valence-corrected chi connectivity index (χ1v) is 8.46. The standard InChI is InChI=1S/C17H25N5O/c1-13(2)14-6-5-9-21(11-8-14)17(23)18-12-16-20-19-15-7-3-4-10-22(15)16/h3-4,7,10,13-14H,5-6,8-9,11-12H2,1-2H3,(H,18,23). The minimum Gasteiger partial charge on any atom is -0.331 e. The molecule has 2 aromatic rings. The lowest BCUT2D eigenvalue weighted by molar-refractivity contribution is 0.197. The highest BCUT2D eigenvalue weighted by atomic mass is 16.2.